The Balaban J connectivity index is 2.79. The van der Waals surface area contributed by atoms with E-state index in [0.29, 0.717) is 16.0 Å². The van der Waals surface area contributed by atoms with Gasteiger partial charge in [0.2, 0.25) is 0 Å². The summed E-state index contributed by atoms with van der Waals surface area (Å²) >= 11 is 5.92. The van der Waals surface area contributed by atoms with E-state index in [4.69, 9.17) is 16.0 Å². The number of esters is 1. The second-order valence-electron chi connectivity index (χ2n) is 3.09. The molecule has 0 amide bonds. The van der Waals surface area contributed by atoms with Gasteiger partial charge in [-0.3, -0.25) is 0 Å². The van der Waals surface area contributed by atoms with Crippen molar-refractivity contribution in [3.63, 3.8) is 0 Å². The van der Waals surface area contributed by atoms with Gasteiger partial charge in [0.1, 0.15) is 11.1 Å². The van der Waals surface area contributed by atoms with Gasteiger partial charge in [0, 0.05) is 5.39 Å². The quantitative estimate of drug-likeness (QED) is 0.565. The number of carbonyl (C=O) groups is 1. The Bertz CT molecular complexity index is 615. The largest absolute Gasteiger partial charge is 0.465 e. The van der Waals surface area contributed by atoms with Crippen molar-refractivity contribution in [2.45, 2.75) is 0 Å². The maximum absolute atomic E-state index is 11.4. The van der Waals surface area contributed by atoms with Gasteiger partial charge in [0.15, 0.2) is 0 Å². The average Bonchev–Trinajstić information content (AvgIpc) is 2.28. The molecular formula is C11H7ClO4. The molecule has 0 saturated heterocycles. The first-order valence-corrected chi connectivity index (χ1v) is 4.82. The maximum atomic E-state index is 11.4. The fourth-order valence-electron chi connectivity index (χ4n) is 1.36. The third-order valence-corrected chi connectivity index (χ3v) is 2.46. The molecule has 82 valence electrons. The number of hydrogen-bond acceptors (Lipinski definition) is 4. The van der Waals surface area contributed by atoms with E-state index in [2.05, 4.69) is 4.74 Å². The predicted octanol–water partition coefficient (Wildman–Crippen LogP) is 2.23. The zero-order chi connectivity index (χ0) is 11.7. The summed E-state index contributed by atoms with van der Waals surface area (Å²) in [6.07, 6.45) is 0. The molecule has 1 aromatic carbocycles. The van der Waals surface area contributed by atoms with Crippen molar-refractivity contribution in [1.82, 2.24) is 0 Å². The van der Waals surface area contributed by atoms with Gasteiger partial charge in [-0.1, -0.05) is 17.7 Å². The number of rotatable bonds is 1. The highest BCUT2D eigenvalue weighted by Crippen LogP contribution is 2.22. The predicted molar refractivity (Wildman–Crippen MR) is 58.8 cm³/mol. The molecule has 0 aliphatic carbocycles. The number of halogens is 1. The molecule has 5 heteroatoms. The van der Waals surface area contributed by atoms with E-state index in [0.717, 1.165) is 0 Å². The normalized spacial score (nSPS) is 10.4. The van der Waals surface area contributed by atoms with Crippen molar-refractivity contribution in [1.29, 1.82) is 0 Å². The van der Waals surface area contributed by atoms with Crippen LogP contribution in [0, 0.1) is 0 Å². The van der Waals surface area contributed by atoms with Crippen molar-refractivity contribution in [3.8, 4) is 0 Å². The van der Waals surface area contributed by atoms with Crippen LogP contribution >= 0.6 is 11.6 Å². The molecule has 0 unspecified atom stereocenters. The summed E-state index contributed by atoms with van der Waals surface area (Å²) in [7, 11) is 1.19. The minimum atomic E-state index is -0.740. The van der Waals surface area contributed by atoms with Crippen LogP contribution in [0.2, 0.25) is 5.02 Å². The van der Waals surface area contributed by atoms with E-state index >= 15 is 0 Å². The van der Waals surface area contributed by atoms with Crippen LogP contribution in [0.4, 0.5) is 0 Å². The van der Waals surface area contributed by atoms with E-state index < -0.39 is 11.6 Å². The monoisotopic (exact) mass is 238 g/mol. The van der Waals surface area contributed by atoms with Crippen molar-refractivity contribution in [3.05, 3.63) is 45.3 Å². The summed E-state index contributed by atoms with van der Waals surface area (Å²) < 4.78 is 9.42. The fourth-order valence-corrected chi connectivity index (χ4v) is 1.58. The molecule has 2 aromatic rings. The van der Waals surface area contributed by atoms with Crippen molar-refractivity contribution in [2.75, 3.05) is 7.11 Å². The van der Waals surface area contributed by atoms with Crippen LogP contribution in [-0.2, 0) is 4.74 Å². The molecular weight excluding hydrogens is 232 g/mol. The second-order valence-corrected chi connectivity index (χ2v) is 3.50. The van der Waals surface area contributed by atoms with Crippen LogP contribution in [0.25, 0.3) is 11.0 Å². The SMILES string of the molecule is COC(=O)c1cc2c(Cl)cccc2oc1=O. The molecule has 2 rings (SSSR count). The number of ether oxygens (including phenoxy) is 1. The molecule has 16 heavy (non-hydrogen) atoms. The molecule has 0 radical (unpaired) electrons. The van der Waals surface area contributed by atoms with Crippen LogP contribution in [0.1, 0.15) is 10.4 Å². The first-order chi connectivity index (χ1) is 7.63. The molecule has 0 spiro atoms. The maximum Gasteiger partial charge on any atom is 0.351 e. The van der Waals surface area contributed by atoms with E-state index in [1.165, 1.54) is 13.2 Å². The summed E-state index contributed by atoms with van der Waals surface area (Å²) in [5.41, 5.74) is -0.560. The van der Waals surface area contributed by atoms with Gasteiger partial charge in [-0.2, -0.15) is 0 Å². The zero-order valence-corrected chi connectivity index (χ0v) is 9.08. The average molecular weight is 239 g/mol. The smallest absolute Gasteiger partial charge is 0.351 e. The Kier molecular flexibility index (Phi) is 2.66. The van der Waals surface area contributed by atoms with Gasteiger partial charge in [-0.15, -0.1) is 0 Å². The number of fused-ring (bicyclic) bond motifs is 1. The zero-order valence-electron chi connectivity index (χ0n) is 8.32. The van der Waals surface area contributed by atoms with Crippen molar-refractivity contribution in [2.24, 2.45) is 0 Å². The Morgan fingerprint density at radius 3 is 2.88 bits per heavy atom. The topological polar surface area (TPSA) is 56.5 Å². The lowest BCUT2D eigenvalue weighted by atomic mass is 10.2. The summed E-state index contributed by atoms with van der Waals surface area (Å²) in [6, 6.07) is 6.27. The Morgan fingerprint density at radius 2 is 2.19 bits per heavy atom. The van der Waals surface area contributed by atoms with E-state index in [1.54, 1.807) is 18.2 Å². The van der Waals surface area contributed by atoms with Gasteiger partial charge in [-0.25, -0.2) is 9.59 Å². The highest BCUT2D eigenvalue weighted by atomic mass is 35.5. The lowest BCUT2D eigenvalue weighted by Gasteiger charge is -2.01. The highest BCUT2D eigenvalue weighted by molar-refractivity contribution is 6.35. The third kappa shape index (κ3) is 1.67. The molecule has 0 aliphatic heterocycles. The number of hydrogen-bond donors (Lipinski definition) is 0. The fraction of sp³-hybridized carbons (Fsp3) is 0.0909. The molecule has 1 aromatic heterocycles. The van der Waals surface area contributed by atoms with Crippen LogP contribution in [0.5, 0.6) is 0 Å². The Hall–Kier alpha value is -1.81. The molecule has 0 N–H and O–H groups in total. The number of methoxy groups -OCH3 is 1. The first-order valence-electron chi connectivity index (χ1n) is 4.44. The van der Waals surface area contributed by atoms with E-state index in [1.807, 2.05) is 0 Å². The molecule has 0 aliphatic rings. The van der Waals surface area contributed by atoms with Gasteiger partial charge >= 0.3 is 11.6 Å². The molecule has 0 fully saturated rings. The van der Waals surface area contributed by atoms with E-state index in [9.17, 15) is 9.59 Å². The molecule has 1 heterocycles. The second kappa shape index (κ2) is 3.98. The minimum absolute atomic E-state index is 0.164. The Labute approximate surface area is 95.4 Å². The summed E-state index contributed by atoms with van der Waals surface area (Å²) in [6.45, 7) is 0. The molecule has 4 nitrogen and oxygen atoms in total. The highest BCUT2D eigenvalue weighted by Gasteiger charge is 2.14. The van der Waals surface area contributed by atoms with Gasteiger partial charge in [0.05, 0.1) is 12.1 Å². The van der Waals surface area contributed by atoms with Crippen LogP contribution in [0.15, 0.2) is 33.5 Å². The van der Waals surface area contributed by atoms with Crippen molar-refractivity contribution < 1.29 is 13.9 Å². The molecule has 0 bridgehead atoms. The van der Waals surface area contributed by atoms with Gasteiger partial charge in [-0.05, 0) is 18.2 Å². The van der Waals surface area contributed by atoms with Crippen LogP contribution in [-0.4, -0.2) is 13.1 Å². The summed E-state index contributed by atoms with van der Waals surface area (Å²) in [5, 5.41) is 0.913. The third-order valence-electron chi connectivity index (χ3n) is 2.13. The summed E-state index contributed by atoms with van der Waals surface area (Å²) in [4.78, 5) is 22.7. The molecule has 0 atom stereocenters. The van der Waals surface area contributed by atoms with E-state index in [-0.39, 0.29) is 5.56 Å². The standard InChI is InChI=1S/C11H7ClO4/c1-15-10(13)7-5-6-8(12)3-2-4-9(6)16-11(7)14/h2-5H,1H3. The van der Waals surface area contributed by atoms with Gasteiger partial charge < -0.3 is 9.15 Å². The van der Waals surface area contributed by atoms with Crippen LogP contribution < -0.4 is 5.63 Å². The first kappa shape index (κ1) is 10.7. The number of carbonyl (C=O) groups excluding carboxylic acids is 1. The van der Waals surface area contributed by atoms with Crippen molar-refractivity contribution >= 4 is 28.5 Å². The molecule has 0 saturated carbocycles. The lowest BCUT2D eigenvalue weighted by Crippen LogP contribution is -2.14. The minimum Gasteiger partial charge on any atom is -0.465 e. The summed E-state index contributed by atoms with van der Waals surface area (Å²) in [5.74, 6) is -0.740. The lowest BCUT2D eigenvalue weighted by molar-refractivity contribution is 0.0596. The number of benzene rings is 1. The van der Waals surface area contributed by atoms with Gasteiger partial charge in [0.25, 0.3) is 0 Å². The Morgan fingerprint density at radius 1 is 1.44 bits per heavy atom. The van der Waals surface area contributed by atoms with Crippen LogP contribution in [0.3, 0.4) is 0 Å².